The Balaban J connectivity index is 2.67. The van der Waals surface area contributed by atoms with Crippen molar-refractivity contribution in [1.82, 2.24) is 16.0 Å². The van der Waals surface area contributed by atoms with E-state index in [9.17, 15) is 24.3 Å². The lowest BCUT2D eigenvalue weighted by Crippen LogP contribution is -2.53. The molecule has 1 heterocycles. The van der Waals surface area contributed by atoms with Gasteiger partial charge < -0.3 is 26.8 Å². The van der Waals surface area contributed by atoms with Crippen LogP contribution in [-0.4, -0.2) is 54.0 Å². The highest BCUT2D eigenvalue weighted by Gasteiger charge is 2.30. The quantitative estimate of drug-likeness (QED) is 0.323. The van der Waals surface area contributed by atoms with E-state index in [-0.39, 0.29) is 24.3 Å². The Bertz CT molecular complexity index is 494. The molecule has 9 nitrogen and oxygen atoms in total. The largest absolute Gasteiger partial charge is 0.394 e. The summed E-state index contributed by atoms with van der Waals surface area (Å²) in [5.74, 6) is -2.99. The van der Waals surface area contributed by atoms with Crippen molar-refractivity contribution in [3.63, 3.8) is 0 Å². The summed E-state index contributed by atoms with van der Waals surface area (Å²) in [4.78, 5) is 46.3. The average Bonchev–Trinajstić information content (AvgIpc) is 2.90. The molecule has 0 bridgehead atoms. The summed E-state index contributed by atoms with van der Waals surface area (Å²) in [6.07, 6.45) is 1.28. The topological polar surface area (TPSA) is 151 Å². The van der Waals surface area contributed by atoms with E-state index in [0.29, 0.717) is 25.8 Å². The highest BCUT2D eigenvalue weighted by Crippen LogP contribution is 2.16. The molecule has 0 aromatic carbocycles. The van der Waals surface area contributed by atoms with Crippen LogP contribution in [0.2, 0.25) is 0 Å². The number of carbonyl (C=O) groups excluding carboxylic acids is 4. The lowest BCUT2D eigenvalue weighted by molar-refractivity contribution is -0.139. The van der Waals surface area contributed by atoms with Gasteiger partial charge in [0.25, 0.3) is 0 Å². The van der Waals surface area contributed by atoms with Crippen molar-refractivity contribution < 1.29 is 24.3 Å². The van der Waals surface area contributed by atoms with Gasteiger partial charge in [-0.2, -0.15) is 0 Å². The van der Waals surface area contributed by atoms with Gasteiger partial charge in [0.1, 0.15) is 6.04 Å². The molecule has 24 heavy (non-hydrogen) atoms. The van der Waals surface area contributed by atoms with Gasteiger partial charge in [0.05, 0.1) is 12.6 Å². The number of primary amides is 1. The van der Waals surface area contributed by atoms with Crippen molar-refractivity contribution in [3.05, 3.63) is 0 Å². The van der Waals surface area contributed by atoms with Crippen LogP contribution in [-0.2, 0) is 19.2 Å². The molecule has 1 aliphatic rings. The second-order valence-corrected chi connectivity index (χ2v) is 6.42. The molecule has 0 saturated carbocycles. The first-order valence-electron chi connectivity index (χ1n) is 8.03. The molecule has 0 aromatic rings. The van der Waals surface area contributed by atoms with Crippen molar-refractivity contribution in [2.75, 3.05) is 13.2 Å². The number of nitrogens with two attached hydrogens (primary N) is 1. The number of aliphatic hydroxyl groups excluding tert-OH is 1. The number of hydrogen-bond acceptors (Lipinski definition) is 5. The summed E-state index contributed by atoms with van der Waals surface area (Å²) in [6, 6.07) is -1.54. The van der Waals surface area contributed by atoms with Crippen LogP contribution in [0.1, 0.15) is 33.1 Å². The fourth-order valence-electron chi connectivity index (χ4n) is 2.63. The van der Waals surface area contributed by atoms with E-state index in [1.165, 1.54) is 0 Å². The number of hydrogen-bond donors (Lipinski definition) is 5. The molecule has 1 aliphatic heterocycles. The number of carbonyl (C=O) groups is 4. The minimum atomic E-state index is -1.17. The van der Waals surface area contributed by atoms with E-state index in [0.717, 1.165) is 0 Å². The monoisotopic (exact) mass is 342 g/mol. The van der Waals surface area contributed by atoms with Crippen LogP contribution in [0.4, 0.5) is 0 Å². The van der Waals surface area contributed by atoms with E-state index in [4.69, 9.17) is 5.73 Å². The van der Waals surface area contributed by atoms with Gasteiger partial charge >= 0.3 is 11.8 Å². The van der Waals surface area contributed by atoms with Gasteiger partial charge in [-0.15, -0.1) is 0 Å². The SMILES string of the molecule is CC(C)C[C@H](NC(=O)C(N)=O)C(=O)N[C@H](CO)C[C@@H]1CCNC1=O. The standard InChI is InChI=1S/C15H26N4O5/c1-8(2)5-11(19-15(24)12(16)21)14(23)18-10(7-20)6-9-3-4-17-13(9)22/h8-11,20H,3-7H2,1-2H3,(H2,16,21)(H,17,22)(H,18,23)(H,19,24)/t9-,10-,11-/m0/s1. The number of rotatable bonds is 8. The highest BCUT2D eigenvalue weighted by molar-refractivity contribution is 6.34. The summed E-state index contributed by atoms with van der Waals surface area (Å²) in [7, 11) is 0. The van der Waals surface area contributed by atoms with Crippen LogP contribution in [0.15, 0.2) is 0 Å². The van der Waals surface area contributed by atoms with Gasteiger partial charge in [-0.3, -0.25) is 19.2 Å². The second kappa shape index (κ2) is 9.21. The predicted octanol–water partition coefficient (Wildman–Crippen LogP) is -1.99. The Morgan fingerprint density at radius 2 is 2.00 bits per heavy atom. The van der Waals surface area contributed by atoms with Crippen LogP contribution < -0.4 is 21.7 Å². The fourth-order valence-corrected chi connectivity index (χ4v) is 2.63. The summed E-state index contributed by atoms with van der Waals surface area (Å²) in [5, 5.41) is 17.1. The summed E-state index contributed by atoms with van der Waals surface area (Å²) in [6.45, 7) is 3.99. The van der Waals surface area contributed by atoms with Crippen LogP contribution >= 0.6 is 0 Å². The minimum Gasteiger partial charge on any atom is -0.394 e. The molecule has 9 heteroatoms. The molecule has 0 aromatic heterocycles. The Hall–Kier alpha value is -2.16. The third kappa shape index (κ3) is 6.15. The minimum absolute atomic E-state index is 0.0853. The normalized spacial score (nSPS) is 19.5. The molecule has 1 saturated heterocycles. The first-order chi connectivity index (χ1) is 11.2. The molecule has 0 radical (unpaired) electrons. The van der Waals surface area contributed by atoms with Crippen molar-refractivity contribution >= 4 is 23.6 Å². The molecule has 136 valence electrons. The Morgan fingerprint density at radius 1 is 1.33 bits per heavy atom. The van der Waals surface area contributed by atoms with Crippen LogP contribution in [0.5, 0.6) is 0 Å². The third-order valence-corrected chi connectivity index (χ3v) is 3.85. The van der Waals surface area contributed by atoms with Gasteiger partial charge in [0.15, 0.2) is 0 Å². The molecule has 4 amide bonds. The van der Waals surface area contributed by atoms with Gasteiger partial charge in [-0.05, 0) is 25.2 Å². The number of nitrogens with one attached hydrogen (secondary N) is 3. The van der Waals surface area contributed by atoms with Crippen molar-refractivity contribution in [2.24, 2.45) is 17.6 Å². The van der Waals surface area contributed by atoms with Crippen molar-refractivity contribution in [1.29, 1.82) is 0 Å². The molecule has 0 unspecified atom stereocenters. The van der Waals surface area contributed by atoms with Crippen molar-refractivity contribution in [3.8, 4) is 0 Å². The lowest BCUT2D eigenvalue weighted by Gasteiger charge is -2.24. The van der Waals surface area contributed by atoms with E-state index in [2.05, 4.69) is 16.0 Å². The van der Waals surface area contributed by atoms with Crippen LogP contribution in [0.3, 0.4) is 0 Å². The smallest absolute Gasteiger partial charge is 0.309 e. The van der Waals surface area contributed by atoms with Gasteiger partial charge in [-0.1, -0.05) is 13.8 Å². The van der Waals surface area contributed by atoms with Gasteiger partial charge in [0, 0.05) is 12.5 Å². The molecule has 1 rings (SSSR count). The molecule has 0 aliphatic carbocycles. The molecule has 1 fully saturated rings. The van der Waals surface area contributed by atoms with Gasteiger partial charge in [0.2, 0.25) is 11.8 Å². The van der Waals surface area contributed by atoms with Crippen LogP contribution in [0, 0.1) is 11.8 Å². The maximum absolute atomic E-state index is 12.4. The predicted molar refractivity (Wildman–Crippen MR) is 85.3 cm³/mol. The summed E-state index contributed by atoms with van der Waals surface area (Å²) < 4.78 is 0. The van der Waals surface area contributed by atoms with E-state index in [1.54, 1.807) is 0 Å². The van der Waals surface area contributed by atoms with E-state index >= 15 is 0 Å². The molecule has 0 spiro atoms. The Labute approximate surface area is 140 Å². The van der Waals surface area contributed by atoms with E-state index in [1.807, 2.05) is 13.8 Å². The molecular formula is C15H26N4O5. The molecule has 3 atom stereocenters. The first-order valence-corrected chi connectivity index (χ1v) is 8.03. The maximum Gasteiger partial charge on any atom is 0.309 e. The fraction of sp³-hybridized carbons (Fsp3) is 0.733. The third-order valence-electron chi connectivity index (χ3n) is 3.85. The summed E-state index contributed by atoms with van der Waals surface area (Å²) in [5.41, 5.74) is 4.90. The number of aliphatic hydroxyl groups is 1. The highest BCUT2D eigenvalue weighted by atomic mass is 16.3. The Kier molecular flexibility index (Phi) is 7.63. The zero-order valence-corrected chi connectivity index (χ0v) is 14.0. The molecule has 6 N–H and O–H groups in total. The van der Waals surface area contributed by atoms with E-state index < -0.39 is 29.8 Å². The number of amides is 4. The second-order valence-electron chi connectivity index (χ2n) is 6.42. The Morgan fingerprint density at radius 3 is 2.46 bits per heavy atom. The maximum atomic E-state index is 12.4. The first kappa shape index (κ1) is 19.9. The van der Waals surface area contributed by atoms with Crippen LogP contribution in [0.25, 0.3) is 0 Å². The van der Waals surface area contributed by atoms with Crippen molar-refractivity contribution in [2.45, 2.75) is 45.2 Å². The zero-order valence-electron chi connectivity index (χ0n) is 14.0. The zero-order chi connectivity index (χ0) is 18.3. The molecular weight excluding hydrogens is 316 g/mol. The van der Waals surface area contributed by atoms with Gasteiger partial charge in [-0.25, -0.2) is 0 Å². The summed E-state index contributed by atoms with van der Waals surface area (Å²) >= 11 is 0. The lowest BCUT2D eigenvalue weighted by atomic mass is 9.97. The average molecular weight is 342 g/mol.